The highest BCUT2D eigenvalue weighted by Crippen LogP contribution is 2.22. The predicted molar refractivity (Wildman–Crippen MR) is 72.8 cm³/mol. The van der Waals surface area contributed by atoms with Crippen LogP contribution in [0, 0.1) is 5.82 Å². The molecule has 1 aromatic heterocycles. The van der Waals surface area contributed by atoms with Gasteiger partial charge >= 0.3 is 0 Å². The highest BCUT2D eigenvalue weighted by Gasteiger charge is 2.13. The Morgan fingerprint density at radius 2 is 1.95 bits per heavy atom. The second-order valence-electron chi connectivity index (χ2n) is 4.53. The van der Waals surface area contributed by atoms with Crippen molar-refractivity contribution < 1.29 is 4.39 Å². The Balaban J connectivity index is 2.30. The molecule has 2 N–H and O–H groups in total. The van der Waals surface area contributed by atoms with Gasteiger partial charge in [0, 0.05) is 18.7 Å². The fourth-order valence-electron chi connectivity index (χ4n) is 2.08. The van der Waals surface area contributed by atoms with Gasteiger partial charge in [0.1, 0.15) is 11.5 Å². The van der Waals surface area contributed by atoms with Crippen LogP contribution in [0.3, 0.4) is 0 Å². The summed E-state index contributed by atoms with van der Waals surface area (Å²) in [5.41, 5.74) is 8.26. The fraction of sp³-hybridized carbons (Fsp3) is 0.429. The molecule has 2 rings (SSSR count). The third-order valence-corrected chi connectivity index (χ3v) is 3.09. The molecule has 4 nitrogen and oxygen atoms in total. The van der Waals surface area contributed by atoms with Gasteiger partial charge in [-0.2, -0.15) is 0 Å². The van der Waals surface area contributed by atoms with Crippen molar-refractivity contribution >= 4 is 0 Å². The van der Waals surface area contributed by atoms with Crippen molar-refractivity contribution in [3.05, 3.63) is 35.8 Å². The summed E-state index contributed by atoms with van der Waals surface area (Å²) in [4.78, 5) is 0. The van der Waals surface area contributed by atoms with Crippen molar-refractivity contribution in [2.24, 2.45) is 5.73 Å². The van der Waals surface area contributed by atoms with Crippen LogP contribution in [0.1, 0.15) is 31.9 Å². The van der Waals surface area contributed by atoms with Crippen LogP contribution in [0.2, 0.25) is 0 Å². The highest BCUT2D eigenvalue weighted by atomic mass is 19.1. The van der Waals surface area contributed by atoms with Crippen molar-refractivity contribution in [1.82, 2.24) is 15.0 Å². The smallest absolute Gasteiger partial charge is 0.123 e. The fourth-order valence-corrected chi connectivity index (χ4v) is 2.08. The van der Waals surface area contributed by atoms with E-state index in [1.165, 1.54) is 12.1 Å². The van der Waals surface area contributed by atoms with Crippen LogP contribution in [-0.2, 0) is 13.1 Å². The van der Waals surface area contributed by atoms with Crippen molar-refractivity contribution in [2.75, 3.05) is 0 Å². The first-order valence-corrected chi connectivity index (χ1v) is 6.64. The molecular formula is C14H19FN4. The molecule has 5 heteroatoms. The lowest BCUT2D eigenvalue weighted by Crippen LogP contribution is -2.04. The summed E-state index contributed by atoms with van der Waals surface area (Å²) in [5.74, 6) is -0.247. The molecule has 0 atom stereocenters. The summed E-state index contributed by atoms with van der Waals surface area (Å²) in [5, 5.41) is 8.26. The third-order valence-electron chi connectivity index (χ3n) is 3.09. The molecule has 0 radical (unpaired) electrons. The number of nitrogens with zero attached hydrogens (tertiary/aromatic N) is 3. The van der Waals surface area contributed by atoms with E-state index in [4.69, 9.17) is 5.73 Å². The Kier molecular flexibility index (Phi) is 4.63. The summed E-state index contributed by atoms with van der Waals surface area (Å²) in [6.07, 6.45) is 3.36. The second-order valence-corrected chi connectivity index (χ2v) is 4.53. The largest absolute Gasteiger partial charge is 0.325 e. The van der Waals surface area contributed by atoms with Crippen LogP contribution >= 0.6 is 0 Å². The standard InChI is InChI=1S/C14H19FN4/c1-2-3-4-9-19-14(13(10-16)17-18-19)11-5-7-12(15)8-6-11/h5-8H,2-4,9-10,16H2,1H3. The van der Waals surface area contributed by atoms with E-state index < -0.39 is 0 Å². The van der Waals surface area contributed by atoms with E-state index in [1.807, 2.05) is 4.68 Å². The Hall–Kier alpha value is -1.75. The van der Waals surface area contributed by atoms with Gasteiger partial charge in [-0.1, -0.05) is 25.0 Å². The van der Waals surface area contributed by atoms with Crippen molar-refractivity contribution in [1.29, 1.82) is 0 Å². The maximum atomic E-state index is 13.0. The molecule has 0 unspecified atom stereocenters. The second kappa shape index (κ2) is 6.43. The SMILES string of the molecule is CCCCCn1nnc(CN)c1-c1ccc(F)cc1. The average Bonchev–Trinajstić information content (AvgIpc) is 2.83. The van der Waals surface area contributed by atoms with Crippen molar-refractivity contribution in [3.8, 4) is 11.3 Å². The summed E-state index contributed by atoms with van der Waals surface area (Å²) >= 11 is 0. The molecule has 0 saturated carbocycles. The van der Waals surface area contributed by atoms with Gasteiger partial charge in [0.25, 0.3) is 0 Å². The minimum Gasteiger partial charge on any atom is -0.325 e. The van der Waals surface area contributed by atoms with E-state index in [0.29, 0.717) is 6.54 Å². The number of benzene rings is 1. The molecule has 0 saturated heterocycles. The number of halogens is 1. The Labute approximate surface area is 112 Å². The summed E-state index contributed by atoms with van der Waals surface area (Å²) in [6, 6.07) is 6.37. The lowest BCUT2D eigenvalue weighted by Gasteiger charge is -2.07. The summed E-state index contributed by atoms with van der Waals surface area (Å²) in [6.45, 7) is 3.31. The van der Waals surface area contributed by atoms with Gasteiger partial charge in [-0.15, -0.1) is 5.10 Å². The van der Waals surface area contributed by atoms with E-state index >= 15 is 0 Å². The first-order chi connectivity index (χ1) is 9.26. The van der Waals surface area contributed by atoms with Gasteiger partial charge < -0.3 is 5.73 Å². The lowest BCUT2D eigenvalue weighted by atomic mass is 10.1. The lowest BCUT2D eigenvalue weighted by molar-refractivity contribution is 0.541. The molecule has 0 amide bonds. The molecule has 19 heavy (non-hydrogen) atoms. The molecule has 1 heterocycles. The maximum Gasteiger partial charge on any atom is 0.123 e. The zero-order valence-electron chi connectivity index (χ0n) is 11.1. The molecule has 1 aromatic carbocycles. The number of nitrogens with two attached hydrogens (primary N) is 1. The number of hydrogen-bond donors (Lipinski definition) is 1. The van der Waals surface area contributed by atoms with Crippen LogP contribution in [0.15, 0.2) is 24.3 Å². The number of rotatable bonds is 6. The topological polar surface area (TPSA) is 56.7 Å². The van der Waals surface area contributed by atoms with Crippen LogP contribution in [0.4, 0.5) is 4.39 Å². The summed E-state index contributed by atoms with van der Waals surface area (Å²) < 4.78 is 14.9. The van der Waals surface area contributed by atoms with Crippen LogP contribution in [0.25, 0.3) is 11.3 Å². The maximum absolute atomic E-state index is 13.0. The molecule has 0 aliphatic carbocycles. The normalized spacial score (nSPS) is 10.9. The molecule has 2 aromatic rings. The van der Waals surface area contributed by atoms with Crippen molar-refractivity contribution in [3.63, 3.8) is 0 Å². The predicted octanol–water partition coefficient (Wildman–Crippen LogP) is 2.73. The minimum absolute atomic E-state index is 0.247. The molecule has 0 aliphatic rings. The zero-order valence-corrected chi connectivity index (χ0v) is 11.1. The van der Waals surface area contributed by atoms with Gasteiger partial charge in [-0.05, 0) is 30.7 Å². The van der Waals surface area contributed by atoms with Crippen LogP contribution in [-0.4, -0.2) is 15.0 Å². The first kappa shape index (κ1) is 13.7. The third kappa shape index (κ3) is 3.17. The molecule has 102 valence electrons. The van der Waals surface area contributed by atoms with E-state index in [1.54, 1.807) is 12.1 Å². The quantitative estimate of drug-likeness (QED) is 0.814. The first-order valence-electron chi connectivity index (χ1n) is 6.64. The van der Waals surface area contributed by atoms with E-state index in [9.17, 15) is 4.39 Å². The minimum atomic E-state index is -0.247. The zero-order chi connectivity index (χ0) is 13.7. The molecule has 0 fully saturated rings. The van der Waals surface area contributed by atoms with Crippen molar-refractivity contribution in [2.45, 2.75) is 39.3 Å². The van der Waals surface area contributed by atoms with Crippen LogP contribution < -0.4 is 5.73 Å². The Morgan fingerprint density at radius 1 is 1.21 bits per heavy atom. The Morgan fingerprint density at radius 3 is 2.58 bits per heavy atom. The van der Waals surface area contributed by atoms with E-state index in [-0.39, 0.29) is 5.82 Å². The van der Waals surface area contributed by atoms with Gasteiger partial charge in [0.05, 0.1) is 5.69 Å². The van der Waals surface area contributed by atoms with E-state index in [0.717, 1.165) is 42.8 Å². The Bertz CT molecular complexity index is 519. The van der Waals surface area contributed by atoms with Gasteiger partial charge in [-0.25, -0.2) is 9.07 Å². The number of aromatic nitrogens is 3. The van der Waals surface area contributed by atoms with Crippen LogP contribution in [0.5, 0.6) is 0 Å². The monoisotopic (exact) mass is 262 g/mol. The molecule has 0 aliphatic heterocycles. The number of hydrogen-bond acceptors (Lipinski definition) is 3. The molecule has 0 spiro atoms. The van der Waals surface area contributed by atoms with E-state index in [2.05, 4.69) is 17.2 Å². The molecule has 0 bridgehead atoms. The number of unbranched alkanes of at least 4 members (excludes halogenated alkanes) is 2. The van der Waals surface area contributed by atoms with Gasteiger partial charge in [-0.3, -0.25) is 0 Å². The van der Waals surface area contributed by atoms with Gasteiger partial charge in [0.15, 0.2) is 0 Å². The van der Waals surface area contributed by atoms with Gasteiger partial charge in [0.2, 0.25) is 0 Å². The highest BCUT2D eigenvalue weighted by molar-refractivity contribution is 5.61. The average molecular weight is 262 g/mol. The number of aryl methyl sites for hydroxylation is 1. The molecular weight excluding hydrogens is 243 g/mol. The summed E-state index contributed by atoms with van der Waals surface area (Å²) in [7, 11) is 0.